The van der Waals surface area contributed by atoms with Crippen LogP contribution in [0.3, 0.4) is 0 Å². The van der Waals surface area contributed by atoms with Gasteiger partial charge in [0.25, 0.3) is 0 Å². The third-order valence-electron chi connectivity index (χ3n) is 5.31. The Bertz CT molecular complexity index is 907. The number of ether oxygens (including phenoxy) is 1. The largest absolute Gasteiger partial charge is 0.444 e. The van der Waals surface area contributed by atoms with E-state index >= 15 is 0 Å². The van der Waals surface area contributed by atoms with Crippen molar-refractivity contribution in [3.05, 3.63) is 34.9 Å². The van der Waals surface area contributed by atoms with E-state index in [1.54, 1.807) is 26.8 Å². The number of amides is 3. The summed E-state index contributed by atoms with van der Waals surface area (Å²) in [6.45, 7) is 12.5. The van der Waals surface area contributed by atoms with Gasteiger partial charge in [-0.25, -0.2) is 4.79 Å². The minimum atomic E-state index is -1.08. The van der Waals surface area contributed by atoms with Crippen molar-refractivity contribution in [1.82, 2.24) is 15.5 Å². The maximum Gasteiger partial charge on any atom is 0.408 e. The molecule has 8 nitrogen and oxygen atoms in total. The van der Waals surface area contributed by atoms with Gasteiger partial charge in [0.05, 0.1) is 6.07 Å². The minimum Gasteiger partial charge on any atom is -0.444 e. The van der Waals surface area contributed by atoms with Crippen LogP contribution >= 0.6 is 12.6 Å². The summed E-state index contributed by atoms with van der Waals surface area (Å²) in [4.78, 5) is 40.6. The third kappa shape index (κ3) is 8.56. The predicted octanol–water partition coefficient (Wildman–Crippen LogP) is 3.82. The Morgan fingerprint density at radius 3 is 2.38 bits per heavy atom. The van der Waals surface area contributed by atoms with E-state index in [4.69, 9.17) is 4.74 Å². The molecule has 2 N–H and O–H groups in total. The molecule has 1 rings (SSSR count). The lowest BCUT2D eigenvalue weighted by Crippen LogP contribution is -2.54. The second kappa shape index (κ2) is 13.2. The number of nitrogens with zero attached hydrogens (tertiary/aromatic N) is 2. The molecular weight excluding hydrogens is 452 g/mol. The summed E-state index contributed by atoms with van der Waals surface area (Å²) in [6.07, 6.45) is 0.885. The van der Waals surface area contributed by atoms with Gasteiger partial charge in [0.1, 0.15) is 24.2 Å². The van der Waals surface area contributed by atoms with E-state index in [-0.39, 0.29) is 24.2 Å². The molecule has 3 unspecified atom stereocenters. The molecule has 3 amide bonds. The van der Waals surface area contributed by atoms with Crippen LogP contribution in [0.2, 0.25) is 0 Å². The molecule has 0 bridgehead atoms. The Morgan fingerprint density at radius 2 is 1.85 bits per heavy atom. The van der Waals surface area contributed by atoms with Crippen molar-refractivity contribution < 1.29 is 19.1 Å². The first kappa shape index (κ1) is 29.3. The number of nitriles is 1. The average molecular weight is 491 g/mol. The number of alkyl carbamates (subject to hydrolysis) is 1. The fraction of sp³-hybridized carbons (Fsp3) is 0.600. The van der Waals surface area contributed by atoms with Crippen LogP contribution in [0.15, 0.2) is 18.2 Å². The molecular formula is C25H38N4O4S. The van der Waals surface area contributed by atoms with Crippen molar-refractivity contribution in [1.29, 1.82) is 5.26 Å². The second-order valence-electron chi connectivity index (χ2n) is 9.40. The van der Waals surface area contributed by atoms with Crippen molar-refractivity contribution in [3.63, 3.8) is 0 Å². The zero-order valence-electron chi connectivity index (χ0n) is 21.3. The van der Waals surface area contributed by atoms with Crippen LogP contribution < -0.4 is 10.6 Å². The van der Waals surface area contributed by atoms with Crippen molar-refractivity contribution >= 4 is 30.5 Å². The molecule has 0 saturated carbocycles. The van der Waals surface area contributed by atoms with Crippen LogP contribution in [0.5, 0.6) is 0 Å². The second-order valence-corrected chi connectivity index (χ2v) is 9.76. The van der Waals surface area contributed by atoms with Crippen LogP contribution in [-0.4, -0.2) is 52.8 Å². The first-order valence-corrected chi connectivity index (χ1v) is 12.1. The Kier molecular flexibility index (Phi) is 11.4. The fourth-order valence-corrected chi connectivity index (χ4v) is 3.80. The SMILES string of the molecule is CCCC(C)NC(=O)C(c1cccc(C)c1C)N(CC#N)C(=O)C(CS)NC(=O)OC(C)(C)C. The summed E-state index contributed by atoms with van der Waals surface area (Å²) in [6, 6.07) is 5.28. The minimum absolute atomic E-state index is 0.0343. The van der Waals surface area contributed by atoms with Gasteiger partial charge >= 0.3 is 6.09 Å². The summed E-state index contributed by atoms with van der Waals surface area (Å²) in [5, 5.41) is 15.0. The molecule has 0 spiro atoms. The van der Waals surface area contributed by atoms with Crippen molar-refractivity contribution in [3.8, 4) is 6.07 Å². The van der Waals surface area contributed by atoms with E-state index in [2.05, 4.69) is 23.3 Å². The molecule has 0 aliphatic carbocycles. The van der Waals surface area contributed by atoms with Crippen LogP contribution in [0.25, 0.3) is 0 Å². The average Bonchev–Trinajstić information content (AvgIpc) is 2.72. The van der Waals surface area contributed by atoms with Gasteiger partial charge in [-0.2, -0.15) is 17.9 Å². The molecule has 0 radical (unpaired) electrons. The van der Waals surface area contributed by atoms with Gasteiger partial charge in [-0.3, -0.25) is 9.59 Å². The Morgan fingerprint density at radius 1 is 1.21 bits per heavy atom. The number of hydrogen-bond donors (Lipinski definition) is 3. The van der Waals surface area contributed by atoms with Crippen molar-refractivity contribution in [2.24, 2.45) is 0 Å². The van der Waals surface area contributed by atoms with E-state index in [0.717, 1.165) is 24.0 Å². The maximum absolute atomic E-state index is 13.6. The molecule has 34 heavy (non-hydrogen) atoms. The van der Waals surface area contributed by atoms with Crippen LogP contribution in [0, 0.1) is 25.2 Å². The van der Waals surface area contributed by atoms with Crippen LogP contribution in [0.1, 0.15) is 70.2 Å². The molecule has 1 aromatic carbocycles. The number of aryl methyl sites for hydroxylation is 1. The van der Waals surface area contributed by atoms with Gasteiger partial charge in [0.15, 0.2) is 0 Å². The number of benzene rings is 1. The maximum atomic E-state index is 13.6. The summed E-state index contributed by atoms with van der Waals surface area (Å²) < 4.78 is 5.27. The zero-order chi connectivity index (χ0) is 26.1. The zero-order valence-corrected chi connectivity index (χ0v) is 22.2. The van der Waals surface area contributed by atoms with Crippen molar-refractivity contribution in [2.75, 3.05) is 12.3 Å². The lowest BCUT2D eigenvalue weighted by Gasteiger charge is -2.34. The van der Waals surface area contributed by atoms with Gasteiger partial charge in [-0.05, 0) is 64.7 Å². The fourth-order valence-electron chi connectivity index (χ4n) is 3.56. The van der Waals surface area contributed by atoms with Crippen LogP contribution in [0.4, 0.5) is 4.79 Å². The van der Waals surface area contributed by atoms with E-state index in [1.165, 1.54) is 4.90 Å². The van der Waals surface area contributed by atoms with E-state index in [9.17, 15) is 19.6 Å². The van der Waals surface area contributed by atoms with E-state index < -0.39 is 29.7 Å². The molecule has 1 aromatic rings. The molecule has 0 fully saturated rings. The number of carbonyl (C=O) groups is 3. The first-order chi connectivity index (χ1) is 15.9. The summed E-state index contributed by atoms with van der Waals surface area (Å²) in [7, 11) is 0. The summed E-state index contributed by atoms with van der Waals surface area (Å²) in [5.74, 6) is -1.01. The van der Waals surface area contributed by atoms with E-state index in [0.29, 0.717) is 5.56 Å². The molecule has 0 saturated heterocycles. The molecule has 3 atom stereocenters. The summed E-state index contributed by atoms with van der Waals surface area (Å²) >= 11 is 4.23. The molecule has 0 heterocycles. The normalized spacial score (nSPS) is 13.7. The van der Waals surface area contributed by atoms with Gasteiger partial charge in [-0.1, -0.05) is 31.5 Å². The van der Waals surface area contributed by atoms with Gasteiger partial charge in [0, 0.05) is 11.8 Å². The Hall–Kier alpha value is -2.73. The highest BCUT2D eigenvalue weighted by Gasteiger charge is 2.37. The smallest absolute Gasteiger partial charge is 0.408 e. The van der Waals surface area contributed by atoms with E-state index in [1.807, 2.05) is 45.9 Å². The van der Waals surface area contributed by atoms with Gasteiger partial charge < -0.3 is 20.3 Å². The summed E-state index contributed by atoms with van der Waals surface area (Å²) in [5.41, 5.74) is 1.68. The third-order valence-corrected chi connectivity index (χ3v) is 5.67. The Balaban J connectivity index is 3.43. The molecule has 0 aliphatic rings. The Labute approximate surface area is 208 Å². The number of nitrogens with one attached hydrogen (secondary N) is 2. The quantitative estimate of drug-likeness (QED) is 0.341. The highest BCUT2D eigenvalue weighted by atomic mass is 32.1. The molecule has 0 aliphatic heterocycles. The molecule has 0 aromatic heterocycles. The van der Waals surface area contributed by atoms with Gasteiger partial charge in [-0.15, -0.1) is 0 Å². The first-order valence-electron chi connectivity index (χ1n) is 11.5. The molecule has 9 heteroatoms. The number of rotatable bonds is 10. The number of thiol groups is 1. The lowest BCUT2D eigenvalue weighted by atomic mass is 9.95. The standard InChI is InChI=1S/C25H38N4O4S/c1-8-10-17(3)27-22(30)21(19-12-9-11-16(2)18(19)4)29(14-13-26)23(31)20(15-34)28-24(32)33-25(5,6)7/h9,11-12,17,20-21,34H,8,10,14-15H2,1-7H3,(H,27,30)(H,28,32). The van der Waals surface area contributed by atoms with Crippen molar-refractivity contribution in [2.45, 2.75) is 85.0 Å². The van der Waals surface area contributed by atoms with Gasteiger partial charge in [0.2, 0.25) is 11.8 Å². The number of hydrogen-bond acceptors (Lipinski definition) is 6. The monoisotopic (exact) mass is 490 g/mol. The topological polar surface area (TPSA) is 112 Å². The highest BCUT2D eigenvalue weighted by molar-refractivity contribution is 7.80. The number of carbonyl (C=O) groups excluding carboxylic acids is 3. The highest BCUT2D eigenvalue weighted by Crippen LogP contribution is 2.27. The van der Waals surface area contributed by atoms with Crippen LogP contribution in [-0.2, 0) is 14.3 Å². The lowest BCUT2D eigenvalue weighted by molar-refractivity contribution is -0.141. The predicted molar refractivity (Wildman–Crippen MR) is 136 cm³/mol. The molecule has 188 valence electrons.